The molecule has 7 heteroatoms. The molecule has 0 aromatic rings. The van der Waals surface area contributed by atoms with Gasteiger partial charge in [-0.2, -0.15) is 0 Å². The zero-order chi connectivity index (χ0) is 30.0. The molecule has 0 amide bonds. The molecule has 1 aliphatic heterocycles. The molecule has 1 atom stereocenters. The lowest BCUT2D eigenvalue weighted by molar-refractivity contribution is -0.140. The summed E-state index contributed by atoms with van der Waals surface area (Å²) in [6.07, 6.45) is 23.4. The van der Waals surface area contributed by atoms with Crippen molar-refractivity contribution in [2.45, 2.75) is 136 Å². The molecule has 7 nitrogen and oxygen atoms in total. The fraction of sp³-hybridized carbons (Fsp3) is 0.727. The zero-order valence-corrected chi connectivity index (χ0v) is 25.6. The number of aliphatic carboxylic acids is 1. The fourth-order valence-corrected chi connectivity index (χ4v) is 3.82. The van der Waals surface area contributed by atoms with Crippen LogP contribution in [0.25, 0.3) is 0 Å². The third-order valence-corrected chi connectivity index (χ3v) is 6.66. The van der Waals surface area contributed by atoms with Gasteiger partial charge in [0.2, 0.25) is 0 Å². The summed E-state index contributed by atoms with van der Waals surface area (Å²) in [6, 6.07) is 0. The molecule has 1 saturated heterocycles. The summed E-state index contributed by atoms with van der Waals surface area (Å²) in [7, 11) is 0. The van der Waals surface area contributed by atoms with E-state index >= 15 is 0 Å². The fourth-order valence-electron chi connectivity index (χ4n) is 3.82. The van der Waals surface area contributed by atoms with Gasteiger partial charge in [-0.15, -0.1) is 0 Å². The topological polar surface area (TPSA) is 102 Å². The van der Waals surface area contributed by atoms with Crippen LogP contribution in [-0.4, -0.2) is 48.9 Å². The highest BCUT2D eigenvalue weighted by Crippen LogP contribution is 2.14. The van der Waals surface area contributed by atoms with Crippen LogP contribution >= 0.6 is 0 Å². The zero-order valence-electron chi connectivity index (χ0n) is 25.6. The monoisotopic (exact) mass is 564 g/mol. The molecule has 1 fully saturated rings. The van der Waals surface area contributed by atoms with Crippen LogP contribution < -0.4 is 0 Å². The first-order valence-corrected chi connectivity index (χ1v) is 15.4. The minimum absolute atomic E-state index is 0.0213. The highest BCUT2D eigenvalue weighted by molar-refractivity contribution is 5.89. The lowest BCUT2D eigenvalue weighted by Crippen LogP contribution is -2.11. The van der Waals surface area contributed by atoms with Gasteiger partial charge in [-0.1, -0.05) is 122 Å². The molecule has 1 unspecified atom stereocenters. The maximum absolute atomic E-state index is 11.3. The van der Waals surface area contributed by atoms with Gasteiger partial charge >= 0.3 is 17.9 Å². The number of carboxylic acids is 1. The Hall–Kier alpha value is -2.41. The molecule has 0 saturated carbocycles. The molecule has 0 aromatic heterocycles. The predicted octanol–water partition coefficient (Wildman–Crippen LogP) is 8.27. The van der Waals surface area contributed by atoms with Crippen LogP contribution in [0.15, 0.2) is 36.0 Å². The molecule has 0 aromatic carbocycles. The van der Waals surface area contributed by atoms with E-state index in [1.54, 1.807) is 6.92 Å². The molecule has 0 radical (unpaired) electrons. The highest BCUT2D eigenvalue weighted by atomic mass is 16.6. The van der Waals surface area contributed by atoms with Crippen molar-refractivity contribution < 1.29 is 33.7 Å². The van der Waals surface area contributed by atoms with Crippen LogP contribution in [-0.2, 0) is 28.6 Å². The first-order valence-electron chi connectivity index (χ1n) is 15.4. The van der Waals surface area contributed by atoms with Gasteiger partial charge in [-0.05, 0) is 26.7 Å². The lowest BCUT2D eigenvalue weighted by atomic mass is 10.0. The average molecular weight is 565 g/mol. The van der Waals surface area contributed by atoms with Crippen molar-refractivity contribution in [1.29, 1.82) is 0 Å². The summed E-state index contributed by atoms with van der Waals surface area (Å²) in [5.41, 5.74) is 0.909. The van der Waals surface area contributed by atoms with Crippen LogP contribution in [0.4, 0.5) is 0 Å². The van der Waals surface area contributed by atoms with Crippen LogP contribution in [0, 0.1) is 0 Å². The number of esters is 2. The first-order chi connectivity index (χ1) is 19.2. The third kappa shape index (κ3) is 24.6. The molecule has 1 N–H and O–H groups in total. The second-order valence-electron chi connectivity index (χ2n) is 10.8. The minimum Gasteiger partial charge on any atom is -0.478 e. The Bertz CT molecular complexity index is 765. The molecular weight excluding hydrogens is 508 g/mol. The molecule has 0 bridgehead atoms. The second-order valence-corrected chi connectivity index (χ2v) is 10.8. The van der Waals surface area contributed by atoms with Crippen molar-refractivity contribution in [1.82, 2.24) is 0 Å². The minimum atomic E-state index is -1.01. The van der Waals surface area contributed by atoms with Crippen molar-refractivity contribution in [2.24, 2.45) is 0 Å². The summed E-state index contributed by atoms with van der Waals surface area (Å²) in [5.74, 6) is -1.77. The molecule has 1 rings (SSSR count). The van der Waals surface area contributed by atoms with E-state index in [1.807, 2.05) is 0 Å². The number of carboxylic acid groups (broad SMARTS) is 1. The molecule has 40 heavy (non-hydrogen) atoms. The van der Waals surface area contributed by atoms with Crippen LogP contribution in [0.3, 0.4) is 0 Å². The van der Waals surface area contributed by atoms with Gasteiger partial charge in [0.05, 0.1) is 13.2 Å². The summed E-state index contributed by atoms with van der Waals surface area (Å²) in [4.78, 5) is 33.0. The Labute approximate surface area is 243 Å². The van der Waals surface area contributed by atoms with E-state index in [9.17, 15) is 14.4 Å². The number of epoxide rings is 1. The van der Waals surface area contributed by atoms with Gasteiger partial charge in [0.1, 0.15) is 12.7 Å². The Kier molecular flexibility index (Phi) is 24.0. The number of hydrogen-bond donors (Lipinski definition) is 1. The maximum Gasteiger partial charge on any atom is 0.333 e. The number of unbranched alkanes of at least 4 members (excludes halogenated alkanes) is 15. The van der Waals surface area contributed by atoms with Crippen LogP contribution in [0.1, 0.15) is 130 Å². The van der Waals surface area contributed by atoms with Gasteiger partial charge in [0.25, 0.3) is 0 Å². The van der Waals surface area contributed by atoms with E-state index in [0.717, 1.165) is 6.42 Å². The van der Waals surface area contributed by atoms with E-state index in [-0.39, 0.29) is 36.2 Å². The quantitative estimate of drug-likeness (QED) is 0.0544. The summed E-state index contributed by atoms with van der Waals surface area (Å²) in [5, 5.41) is 8.59. The van der Waals surface area contributed by atoms with Crippen LogP contribution in [0.5, 0.6) is 0 Å². The molecule has 1 aliphatic rings. The number of allylic oxidation sites excluding steroid dienone is 1. The van der Waals surface area contributed by atoms with Gasteiger partial charge in [0, 0.05) is 16.7 Å². The van der Waals surface area contributed by atoms with Gasteiger partial charge < -0.3 is 19.3 Å². The van der Waals surface area contributed by atoms with E-state index in [1.165, 1.54) is 109 Å². The Balaban J connectivity index is 0.000000821. The molecule has 1 heterocycles. The maximum atomic E-state index is 11.3. The van der Waals surface area contributed by atoms with Gasteiger partial charge in [-0.3, -0.25) is 0 Å². The molecule has 0 aliphatic carbocycles. The van der Waals surface area contributed by atoms with E-state index in [0.29, 0.717) is 18.8 Å². The van der Waals surface area contributed by atoms with E-state index < -0.39 is 11.9 Å². The van der Waals surface area contributed by atoms with Gasteiger partial charge in [-0.25, -0.2) is 14.4 Å². The number of carbonyl (C=O) groups excluding carboxylic acids is 2. The summed E-state index contributed by atoms with van der Waals surface area (Å²) >= 11 is 0. The predicted molar refractivity (Wildman–Crippen MR) is 161 cm³/mol. The van der Waals surface area contributed by atoms with Gasteiger partial charge in [0.15, 0.2) is 0 Å². The Morgan fingerprint density at radius 1 is 0.775 bits per heavy atom. The third-order valence-electron chi connectivity index (χ3n) is 6.66. The molecule has 0 spiro atoms. The lowest BCUT2D eigenvalue weighted by Gasteiger charge is -2.05. The average Bonchev–Trinajstić information content (AvgIpc) is 3.76. The van der Waals surface area contributed by atoms with Crippen molar-refractivity contribution in [3.8, 4) is 0 Å². The number of hydrogen-bond acceptors (Lipinski definition) is 6. The van der Waals surface area contributed by atoms with E-state index in [4.69, 9.17) is 19.3 Å². The Morgan fingerprint density at radius 2 is 1.23 bits per heavy atom. The molecule has 230 valence electrons. The second kappa shape index (κ2) is 25.6. The van der Waals surface area contributed by atoms with Crippen LogP contribution in [0.2, 0.25) is 0 Å². The first kappa shape index (κ1) is 37.6. The highest BCUT2D eigenvalue weighted by Gasteiger charge is 2.24. The number of ether oxygens (including phenoxy) is 3. The van der Waals surface area contributed by atoms with Crippen molar-refractivity contribution >= 4 is 17.9 Å². The Morgan fingerprint density at radius 3 is 1.62 bits per heavy atom. The summed E-state index contributed by atoms with van der Waals surface area (Å²) in [6.45, 7) is 13.9. The van der Waals surface area contributed by atoms with E-state index in [2.05, 4.69) is 20.1 Å². The smallest absolute Gasteiger partial charge is 0.333 e. The van der Waals surface area contributed by atoms with Crippen molar-refractivity contribution in [2.75, 3.05) is 19.8 Å². The summed E-state index contributed by atoms with van der Waals surface area (Å²) < 4.78 is 14.8. The number of carbonyl (C=O) groups is 3. The molecular formula is C33H56O7. The number of rotatable bonds is 24. The van der Waals surface area contributed by atoms with Crippen molar-refractivity contribution in [3.05, 3.63) is 36.0 Å². The largest absolute Gasteiger partial charge is 0.478 e. The SMILES string of the molecule is C=C(C)C(=O)OCCCCCCCCCCCCCCCCCC.C=C(CC=C(C)C(=O)O)C(=O)OCC1CO1. The normalized spacial score (nSPS) is 14.1. The standard InChI is InChI=1S/C22H42O2.C11H14O5/c1-4-5-6-7-8-9-10-11-12-13-14-15-16-17-18-19-20-24-22(23)21(2)3;1-7(10(12)13)3-4-8(2)11(14)16-6-9-5-15-9/h2,4-20H2,1,3H3;3,9H,2,4-6H2,1H3,(H,12,13). The van der Waals surface area contributed by atoms with Crippen molar-refractivity contribution in [3.63, 3.8) is 0 Å².